The van der Waals surface area contributed by atoms with Crippen molar-refractivity contribution < 1.29 is 24.2 Å². The number of hydrogen-bond donors (Lipinski definition) is 1. The van der Waals surface area contributed by atoms with Gasteiger partial charge in [-0.05, 0) is 11.8 Å². The van der Waals surface area contributed by atoms with Crippen LogP contribution in [0.5, 0.6) is 0 Å². The van der Waals surface area contributed by atoms with Crippen molar-refractivity contribution in [3.8, 4) is 0 Å². The summed E-state index contributed by atoms with van der Waals surface area (Å²) in [6.45, 7) is 6.75. The smallest absolute Gasteiger partial charge is 0.310 e. The Morgan fingerprint density at radius 1 is 1.42 bits per heavy atom. The second kappa shape index (κ2) is 3.95. The Morgan fingerprint density at radius 2 is 2.11 bits per heavy atom. The van der Waals surface area contributed by atoms with Crippen LogP contribution in [0, 0.1) is 29.1 Å². The number of ether oxygens (including phenoxy) is 2. The Bertz CT molecular complexity index is 424. The molecule has 0 amide bonds. The van der Waals surface area contributed by atoms with Gasteiger partial charge in [-0.2, -0.15) is 0 Å². The minimum atomic E-state index is -0.890. The molecule has 1 heterocycles. The molecule has 5 heteroatoms. The van der Waals surface area contributed by atoms with Crippen LogP contribution in [-0.4, -0.2) is 35.9 Å². The molecule has 0 spiro atoms. The number of rotatable bonds is 3. The largest absolute Gasteiger partial charge is 0.481 e. The standard InChI is InChI=1S/C14H20O5/c1-14(2,3)5-18-10-6-4-7-9(8(6)12(15)16)13(17)19-11(7)10/h6-11H,4-5H2,1-3H3,(H,15,16). The zero-order valence-corrected chi connectivity index (χ0v) is 11.5. The predicted molar refractivity (Wildman–Crippen MR) is 65.3 cm³/mol. The summed E-state index contributed by atoms with van der Waals surface area (Å²) in [6.07, 6.45) is 0.279. The minimum absolute atomic E-state index is 0.0164. The summed E-state index contributed by atoms with van der Waals surface area (Å²) in [5.74, 6) is -2.33. The van der Waals surface area contributed by atoms with Crippen molar-refractivity contribution in [3.05, 3.63) is 0 Å². The molecule has 19 heavy (non-hydrogen) atoms. The Hall–Kier alpha value is -1.10. The van der Waals surface area contributed by atoms with E-state index in [9.17, 15) is 14.7 Å². The van der Waals surface area contributed by atoms with Gasteiger partial charge in [0.1, 0.15) is 6.10 Å². The second-order valence-corrected chi connectivity index (χ2v) is 7.19. The minimum Gasteiger partial charge on any atom is -0.481 e. The first-order valence-corrected chi connectivity index (χ1v) is 6.84. The van der Waals surface area contributed by atoms with E-state index in [2.05, 4.69) is 20.8 Å². The molecule has 6 unspecified atom stereocenters. The molecular weight excluding hydrogens is 248 g/mol. The third kappa shape index (κ3) is 1.86. The van der Waals surface area contributed by atoms with Crippen molar-refractivity contribution in [3.63, 3.8) is 0 Å². The van der Waals surface area contributed by atoms with Crippen molar-refractivity contribution in [2.45, 2.75) is 39.4 Å². The molecule has 3 aliphatic rings. The number of carbonyl (C=O) groups is 2. The lowest BCUT2D eigenvalue weighted by Gasteiger charge is -2.31. The van der Waals surface area contributed by atoms with E-state index in [1.165, 1.54) is 0 Å². The van der Waals surface area contributed by atoms with Crippen LogP contribution in [0.4, 0.5) is 0 Å². The van der Waals surface area contributed by atoms with Gasteiger partial charge in [-0.1, -0.05) is 20.8 Å². The molecule has 2 bridgehead atoms. The predicted octanol–water partition coefficient (Wildman–Crippen LogP) is 1.31. The highest BCUT2D eigenvalue weighted by Crippen LogP contribution is 2.58. The Balaban J connectivity index is 1.81. The van der Waals surface area contributed by atoms with Gasteiger partial charge in [-0.25, -0.2) is 0 Å². The lowest BCUT2D eigenvalue weighted by molar-refractivity contribution is -0.151. The molecule has 2 aliphatic carbocycles. The maximum absolute atomic E-state index is 11.8. The van der Waals surface area contributed by atoms with E-state index in [-0.39, 0.29) is 35.4 Å². The first-order valence-electron chi connectivity index (χ1n) is 6.84. The van der Waals surface area contributed by atoms with Crippen LogP contribution in [0.15, 0.2) is 0 Å². The molecule has 5 nitrogen and oxygen atoms in total. The van der Waals surface area contributed by atoms with E-state index in [0.29, 0.717) is 6.61 Å². The van der Waals surface area contributed by atoms with E-state index in [1.54, 1.807) is 0 Å². The molecule has 106 valence electrons. The molecule has 1 saturated heterocycles. The van der Waals surface area contributed by atoms with Crippen molar-refractivity contribution in [2.24, 2.45) is 29.1 Å². The summed E-state index contributed by atoms with van der Waals surface area (Å²) >= 11 is 0. The molecule has 0 aromatic carbocycles. The molecule has 3 fully saturated rings. The van der Waals surface area contributed by atoms with Crippen molar-refractivity contribution >= 4 is 11.9 Å². The highest BCUT2D eigenvalue weighted by Gasteiger charge is 2.69. The summed E-state index contributed by atoms with van der Waals surface area (Å²) in [5.41, 5.74) is 0.0164. The average Bonchev–Trinajstić information content (AvgIpc) is 2.84. The summed E-state index contributed by atoms with van der Waals surface area (Å²) < 4.78 is 11.3. The summed E-state index contributed by atoms with van der Waals surface area (Å²) in [4.78, 5) is 23.2. The fraction of sp³-hybridized carbons (Fsp3) is 0.857. The normalized spacial score (nSPS) is 43.6. The van der Waals surface area contributed by atoms with Crippen molar-refractivity contribution in [1.82, 2.24) is 0 Å². The molecule has 6 atom stereocenters. The maximum Gasteiger partial charge on any atom is 0.310 e. The van der Waals surface area contributed by atoms with Gasteiger partial charge in [-0.15, -0.1) is 0 Å². The van der Waals surface area contributed by atoms with Gasteiger partial charge in [-0.3, -0.25) is 9.59 Å². The molecule has 2 saturated carbocycles. The Labute approximate surface area is 112 Å². The molecule has 0 aromatic heterocycles. The van der Waals surface area contributed by atoms with Crippen molar-refractivity contribution in [2.75, 3.05) is 6.61 Å². The first kappa shape index (κ1) is 12.9. The van der Waals surface area contributed by atoms with Crippen LogP contribution in [0.2, 0.25) is 0 Å². The van der Waals surface area contributed by atoms with Gasteiger partial charge in [0.15, 0.2) is 0 Å². The lowest BCUT2D eigenvalue weighted by Crippen LogP contribution is -2.43. The number of carbonyl (C=O) groups excluding carboxylic acids is 1. The summed E-state index contributed by atoms with van der Waals surface area (Å²) in [6, 6.07) is 0. The second-order valence-electron chi connectivity index (χ2n) is 7.19. The molecule has 1 N–H and O–H groups in total. The number of carboxylic acid groups (broad SMARTS) is 1. The monoisotopic (exact) mass is 268 g/mol. The van der Waals surface area contributed by atoms with Gasteiger partial charge in [0.05, 0.1) is 24.5 Å². The molecule has 0 radical (unpaired) electrons. The fourth-order valence-corrected chi connectivity index (χ4v) is 3.89. The zero-order valence-electron chi connectivity index (χ0n) is 11.5. The number of hydrogen-bond acceptors (Lipinski definition) is 4. The van der Waals surface area contributed by atoms with E-state index in [1.807, 2.05) is 0 Å². The van der Waals surface area contributed by atoms with E-state index in [0.717, 1.165) is 6.42 Å². The van der Waals surface area contributed by atoms with Crippen LogP contribution in [-0.2, 0) is 19.1 Å². The number of carboxylic acids is 1. The summed E-state index contributed by atoms with van der Waals surface area (Å²) in [7, 11) is 0. The number of aliphatic carboxylic acids is 1. The van der Waals surface area contributed by atoms with E-state index in [4.69, 9.17) is 9.47 Å². The van der Waals surface area contributed by atoms with Crippen LogP contribution < -0.4 is 0 Å². The number of esters is 1. The van der Waals surface area contributed by atoms with E-state index < -0.39 is 17.8 Å². The van der Waals surface area contributed by atoms with Crippen LogP contribution in [0.25, 0.3) is 0 Å². The highest BCUT2D eigenvalue weighted by molar-refractivity contribution is 5.85. The first-order chi connectivity index (χ1) is 8.79. The van der Waals surface area contributed by atoms with Crippen LogP contribution in [0.1, 0.15) is 27.2 Å². The maximum atomic E-state index is 11.8. The average molecular weight is 268 g/mol. The number of fused-ring (bicyclic) bond motifs is 1. The molecule has 0 aromatic rings. The van der Waals surface area contributed by atoms with Crippen LogP contribution in [0.3, 0.4) is 0 Å². The zero-order chi connectivity index (χ0) is 13.9. The highest BCUT2D eigenvalue weighted by atomic mass is 16.6. The third-order valence-corrected chi connectivity index (χ3v) is 4.54. The van der Waals surface area contributed by atoms with Gasteiger partial charge < -0.3 is 14.6 Å². The fourth-order valence-electron chi connectivity index (χ4n) is 3.89. The lowest BCUT2D eigenvalue weighted by atomic mass is 9.78. The van der Waals surface area contributed by atoms with Gasteiger partial charge in [0.25, 0.3) is 0 Å². The Kier molecular flexibility index (Phi) is 2.68. The van der Waals surface area contributed by atoms with Crippen molar-refractivity contribution in [1.29, 1.82) is 0 Å². The molecular formula is C14H20O5. The van der Waals surface area contributed by atoms with E-state index >= 15 is 0 Å². The SMILES string of the molecule is CC(C)(C)COC1C2CC3C1OC(=O)C3C2C(=O)O. The summed E-state index contributed by atoms with van der Waals surface area (Å²) in [5, 5.41) is 9.36. The van der Waals surface area contributed by atoms with Gasteiger partial charge in [0, 0.05) is 11.8 Å². The molecule has 1 aliphatic heterocycles. The Morgan fingerprint density at radius 3 is 2.68 bits per heavy atom. The topological polar surface area (TPSA) is 72.8 Å². The van der Waals surface area contributed by atoms with Gasteiger partial charge in [0.2, 0.25) is 0 Å². The van der Waals surface area contributed by atoms with Crippen LogP contribution >= 0.6 is 0 Å². The van der Waals surface area contributed by atoms with Gasteiger partial charge >= 0.3 is 11.9 Å². The third-order valence-electron chi connectivity index (χ3n) is 4.54. The molecule has 3 rings (SSSR count). The quantitative estimate of drug-likeness (QED) is 0.781.